The minimum atomic E-state index is -4.66. The summed E-state index contributed by atoms with van der Waals surface area (Å²) in [5.41, 5.74) is 13.5. The summed E-state index contributed by atoms with van der Waals surface area (Å²) in [6.45, 7) is 1.79. The highest BCUT2D eigenvalue weighted by Gasteiger charge is 2.17. The number of hydrogen-bond acceptors (Lipinski definition) is 8. The van der Waals surface area contributed by atoms with Crippen molar-refractivity contribution in [1.29, 1.82) is 0 Å². The lowest BCUT2D eigenvalue weighted by Gasteiger charge is -2.06. The maximum absolute atomic E-state index is 11.9. The minimum absolute atomic E-state index is 0.0539. The van der Waals surface area contributed by atoms with Gasteiger partial charge in [0, 0.05) is 11.4 Å². The molecule has 12 heteroatoms. The molecule has 0 aliphatic carbocycles. The number of nitrogens with two attached hydrogens (primary N) is 2. The van der Waals surface area contributed by atoms with Crippen LogP contribution in [0.25, 0.3) is 12.2 Å². The Morgan fingerprint density at radius 1 is 0.727 bits per heavy atom. The number of anilines is 2. The monoisotopic (exact) mass is 488 g/mol. The molecule has 0 spiro atoms. The molecule has 0 saturated heterocycles. The largest absolute Gasteiger partial charge is 0.399 e. The first-order valence-corrected chi connectivity index (χ1v) is 12.2. The Kier molecular flexibility index (Phi) is 6.65. The SMILES string of the molecule is Cc1cc(N)ccc1N=Nc1ccc(C=Cc2ccc(N)cc2S(=O)(=O)O)c(S(=O)(=O)O)c1. The van der Waals surface area contributed by atoms with Crippen molar-refractivity contribution in [3.05, 3.63) is 71.3 Å². The molecule has 172 valence electrons. The first-order valence-electron chi connectivity index (χ1n) is 9.29. The Morgan fingerprint density at radius 2 is 1.24 bits per heavy atom. The highest BCUT2D eigenvalue weighted by atomic mass is 32.2. The molecule has 33 heavy (non-hydrogen) atoms. The fraction of sp³-hybridized carbons (Fsp3) is 0.0476. The summed E-state index contributed by atoms with van der Waals surface area (Å²) < 4.78 is 66.2. The van der Waals surface area contributed by atoms with E-state index in [1.807, 2.05) is 0 Å². The van der Waals surface area contributed by atoms with E-state index < -0.39 is 30.0 Å². The molecule has 0 heterocycles. The van der Waals surface area contributed by atoms with E-state index in [-0.39, 0.29) is 22.5 Å². The molecule has 10 nitrogen and oxygen atoms in total. The second kappa shape index (κ2) is 9.11. The van der Waals surface area contributed by atoms with E-state index >= 15 is 0 Å². The molecular weight excluding hydrogens is 468 g/mol. The number of azo groups is 1. The zero-order valence-electron chi connectivity index (χ0n) is 17.2. The molecule has 0 aliphatic rings. The summed E-state index contributed by atoms with van der Waals surface area (Å²) in [6.07, 6.45) is 2.54. The number of aryl methyl sites for hydroxylation is 1. The predicted octanol–water partition coefficient (Wildman–Crippen LogP) is 4.24. The molecule has 3 aromatic carbocycles. The van der Waals surface area contributed by atoms with Crippen molar-refractivity contribution in [1.82, 2.24) is 0 Å². The average Bonchev–Trinajstić information content (AvgIpc) is 2.71. The zero-order valence-corrected chi connectivity index (χ0v) is 18.9. The fourth-order valence-electron chi connectivity index (χ4n) is 2.94. The van der Waals surface area contributed by atoms with E-state index in [9.17, 15) is 25.9 Å². The van der Waals surface area contributed by atoms with Crippen molar-refractivity contribution in [3.8, 4) is 0 Å². The van der Waals surface area contributed by atoms with Crippen LogP contribution in [0.15, 0.2) is 74.6 Å². The molecule has 0 fully saturated rings. The van der Waals surface area contributed by atoms with E-state index in [1.165, 1.54) is 36.4 Å². The molecule has 3 rings (SSSR count). The number of benzene rings is 3. The molecule has 0 saturated carbocycles. The molecule has 0 aliphatic heterocycles. The molecule has 0 amide bonds. The van der Waals surface area contributed by atoms with Gasteiger partial charge in [-0.1, -0.05) is 24.3 Å². The lowest BCUT2D eigenvalue weighted by Crippen LogP contribution is -2.02. The molecule has 0 radical (unpaired) electrons. The second-order valence-corrected chi connectivity index (χ2v) is 9.83. The van der Waals surface area contributed by atoms with Crippen LogP contribution < -0.4 is 11.5 Å². The molecule has 3 aromatic rings. The maximum atomic E-state index is 11.9. The number of hydrogen-bond donors (Lipinski definition) is 4. The summed E-state index contributed by atoms with van der Waals surface area (Å²) >= 11 is 0. The van der Waals surface area contributed by atoms with E-state index in [1.54, 1.807) is 25.1 Å². The van der Waals surface area contributed by atoms with Gasteiger partial charge in [0.1, 0.15) is 9.79 Å². The van der Waals surface area contributed by atoms with Gasteiger partial charge in [-0.25, -0.2) is 0 Å². The third-order valence-corrected chi connectivity index (χ3v) is 6.35. The van der Waals surface area contributed by atoms with Gasteiger partial charge in [0.15, 0.2) is 0 Å². The second-order valence-electron chi connectivity index (χ2n) is 7.05. The zero-order chi connectivity index (χ0) is 24.4. The number of rotatable bonds is 6. The van der Waals surface area contributed by atoms with Crippen LogP contribution in [-0.4, -0.2) is 25.9 Å². The molecular formula is C21H20N4O6S2. The van der Waals surface area contributed by atoms with E-state index in [2.05, 4.69) is 10.2 Å². The predicted molar refractivity (Wildman–Crippen MR) is 126 cm³/mol. The van der Waals surface area contributed by atoms with Crippen LogP contribution in [0.3, 0.4) is 0 Å². The Bertz CT molecular complexity index is 1500. The van der Waals surface area contributed by atoms with Crippen LogP contribution in [0.4, 0.5) is 22.7 Å². The summed E-state index contributed by atoms with van der Waals surface area (Å²) in [4.78, 5) is -0.912. The summed E-state index contributed by atoms with van der Waals surface area (Å²) in [6, 6.07) is 12.8. The average molecular weight is 489 g/mol. The highest BCUT2D eigenvalue weighted by molar-refractivity contribution is 7.86. The van der Waals surface area contributed by atoms with E-state index in [4.69, 9.17) is 11.5 Å². The number of nitrogen functional groups attached to an aromatic ring is 2. The van der Waals surface area contributed by atoms with Crippen LogP contribution in [0.1, 0.15) is 16.7 Å². The van der Waals surface area contributed by atoms with Gasteiger partial charge in [0.25, 0.3) is 20.2 Å². The Labute approximate surface area is 190 Å². The van der Waals surface area contributed by atoms with Crippen LogP contribution in [0, 0.1) is 6.92 Å². The van der Waals surface area contributed by atoms with E-state index in [0.717, 1.165) is 17.7 Å². The maximum Gasteiger partial charge on any atom is 0.295 e. The summed E-state index contributed by atoms with van der Waals surface area (Å²) in [7, 11) is -9.24. The lowest BCUT2D eigenvalue weighted by atomic mass is 10.1. The Morgan fingerprint density at radius 3 is 1.82 bits per heavy atom. The van der Waals surface area contributed by atoms with Gasteiger partial charge in [0.2, 0.25) is 0 Å². The fourth-order valence-corrected chi connectivity index (χ4v) is 4.36. The molecule has 6 N–H and O–H groups in total. The van der Waals surface area contributed by atoms with Crippen molar-refractivity contribution < 1.29 is 25.9 Å². The van der Waals surface area contributed by atoms with Gasteiger partial charge in [-0.05, 0) is 66.1 Å². The quantitative estimate of drug-likeness (QED) is 0.172. The van der Waals surface area contributed by atoms with Gasteiger partial charge >= 0.3 is 0 Å². The molecule has 0 unspecified atom stereocenters. The van der Waals surface area contributed by atoms with Crippen molar-refractivity contribution in [2.45, 2.75) is 16.7 Å². The first-order chi connectivity index (χ1) is 15.3. The van der Waals surface area contributed by atoms with Crippen molar-refractivity contribution in [3.63, 3.8) is 0 Å². The van der Waals surface area contributed by atoms with Crippen molar-refractivity contribution in [2.24, 2.45) is 10.2 Å². The summed E-state index contributed by atoms with van der Waals surface area (Å²) in [5, 5.41) is 8.09. The highest BCUT2D eigenvalue weighted by Crippen LogP contribution is 2.28. The van der Waals surface area contributed by atoms with Crippen LogP contribution in [-0.2, 0) is 20.2 Å². The van der Waals surface area contributed by atoms with Gasteiger partial charge in [0.05, 0.1) is 11.4 Å². The summed E-state index contributed by atoms with van der Waals surface area (Å²) in [5.74, 6) is 0. The van der Waals surface area contributed by atoms with Crippen molar-refractivity contribution >= 4 is 55.1 Å². The third kappa shape index (κ3) is 6.02. The normalized spacial score (nSPS) is 12.6. The van der Waals surface area contributed by atoms with E-state index in [0.29, 0.717) is 11.4 Å². The minimum Gasteiger partial charge on any atom is -0.399 e. The smallest absolute Gasteiger partial charge is 0.295 e. The van der Waals surface area contributed by atoms with Crippen LogP contribution >= 0.6 is 0 Å². The molecule has 0 bridgehead atoms. The van der Waals surface area contributed by atoms with Crippen LogP contribution in [0.2, 0.25) is 0 Å². The van der Waals surface area contributed by atoms with Crippen molar-refractivity contribution in [2.75, 3.05) is 11.5 Å². The molecule has 0 atom stereocenters. The lowest BCUT2D eigenvalue weighted by molar-refractivity contribution is 0.480. The van der Waals surface area contributed by atoms with Gasteiger partial charge in [-0.3, -0.25) is 9.11 Å². The topological polar surface area (TPSA) is 185 Å². The number of nitrogens with zero attached hydrogens (tertiary/aromatic N) is 2. The third-order valence-electron chi connectivity index (χ3n) is 4.53. The van der Waals surface area contributed by atoms with Gasteiger partial charge in [-0.2, -0.15) is 27.1 Å². The van der Waals surface area contributed by atoms with Gasteiger partial charge < -0.3 is 11.5 Å². The molecule has 0 aromatic heterocycles. The Balaban J connectivity index is 2.02. The first kappa shape index (κ1) is 24.1. The Hall–Kier alpha value is -3.58. The standard InChI is InChI=1S/C21H20N4O6S2/c1-13-10-16(22)7-9-19(13)25-24-18-8-5-15(21(12-18)33(29,30)31)3-2-14-4-6-17(23)11-20(14)32(26,27)28/h2-12H,22-23H2,1H3,(H,26,27,28)(H,29,30,31). The van der Waals surface area contributed by atoms with Crippen LogP contribution in [0.5, 0.6) is 0 Å². The van der Waals surface area contributed by atoms with Gasteiger partial charge in [-0.15, -0.1) is 0 Å².